The smallest absolute Gasteiger partial charge is 0.220 e. The fraction of sp³-hybridized carbons (Fsp3) is 0.889. The summed E-state index contributed by atoms with van der Waals surface area (Å²) in [6.45, 7) is 12.5. The molecule has 0 bridgehead atoms. The minimum absolute atomic E-state index is 0.0115. The van der Waals surface area contributed by atoms with Crippen LogP contribution in [0.3, 0.4) is 0 Å². The second-order valence-electron chi connectivity index (χ2n) is 9.25. The van der Waals surface area contributed by atoms with Gasteiger partial charge in [-0.25, -0.2) is 0 Å². The van der Waals surface area contributed by atoms with Gasteiger partial charge in [0.15, 0.2) is 0 Å². The molecule has 4 nitrogen and oxygen atoms in total. The number of thiocarbonyl (C=S) groups is 1. The molecule has 0 aromatic rings. The van der Waals surface area contributed by atoms with Gasteiger partial charge in [-0.2, -0.15) is 0 Å². The molecule has 3 unspecified atom stereocenters. The molecule has 5 atom stereocenters. The number of hydrogen-bond acceptors (Lipinski definition) is 6. The number of rotatable bonds is 2. The first kappa shape index (κ1) is 18.6. The molecule has 0 aromatic carbocycles. The quantitative estimate of drug-likeness (QED) is 0.692. The Labute approximate surface area is 154 Å². The topological polar surface area (TPSA) is 44.8 Å². The van der Waals surface area contributed by atoms with Gasteiger partial charge in [-0.3, -0.25) is 4.79 Å². The molecule has 0 amide bonds. The first-order valence-electron chi connectivity index (χ1n) is 8.68. The molecule has 0 spiro atoms. The maximum atomic E-state index is 12.5. The van der Waals surface area contributed by atoms with Gasteiger partial charge in [-0.05, 0) is 24.1 Å². The van der Waals surface area contributed by atoms with E-state index in [0.29, 0.717) is 24.2 Å². The van der Waals surface area contributed by atoms with Crippen LogP contribution in [0.2, 0.25) is 0 Å². The standard InChI is InChI=1S/C18H28O4S2/c1-17(2,3)7-22-16(23)24-15-12-10(13(15)19)6-11-14(12)21-9-18(4,5)8-20-11/h10-12,14-15H,6-9H2,1-5H3/t10-,11?,12-,14?,15?/m1/s1. The Morgan fingerprint density at radius 3 is 2.67 bits per heavy atom. The molecule has 0 N–H and O–H groups in total. The number of thioether (sulfide) groups is 1. The van der Waals surface area contributed by atoms with E-state index in [1.807, 2.05) is 0 Å². The largest absolute Gasteiger partial charge is 0.478 e. The molecule has 0 aromatic heterocycles. The Morgan fingerprint density at radius 2 is 2.00 bits per heavy atom. The van der Waals surface area contributed by atoms with Crippen molar-refractivity contribution in [2.24, 2.45) is 22.7 Å². The van der Waals surface area contributed by atoms with E-state index >= 15 is 0 Å². The van der Waals surface area contributed by atoms with Crippen molar-refractivity contribution < 1.29 is 19.0 Å². The Balaban J connectivity index is 1.60. The van der Waals surface area contributed by atoms with Crippen molar-refractivity contribution >= 4 is 34.1 Å². The molecule has 2 saturated carbocycles. The molecule has 1 saturated heterocycles. The first-order valence-corrected chi connectivity index (χ1v) is 9.97. The highest BCUT2D eigenvalue weighted by molar-refractivity contribution is 8.23. The zero-order valence-electron chi connectivity index (χ0n) is 15.2. The van der Waals surface area contributed by atoms with Gasteiger partial charge in [0, 0.05) is 17.3 Å². The van der Waals surface area contributed by atoms with Crippen LogP contribution in [0.5, 0.6) is 0 Å². The Kier molecular flexibility index (Phi) is 5.06. The van der Waals surface area contributed by atoms with Crippen LogP contribution < -0.4 is 0 Å². The van der Waals surface area contributed by atoms with Crippen molar-refractivity contribution in [1.82, 2.24) is 0 Å². The average molecular weight is 373 g/mol. The lowest BCUT2D eigenvalue weighted by Crippen LogP contribution is -2.52. The zero-order chi connectivity index (χ0) is 17.7. The molecule has 6 heteroatoms. The van der Waals surface area contributed by atoms with E-state index in [1.54, 1.807) is 0 Å². The normalized spacial score (nSPS) is 37.9. The highest BCUT2D eigenvalue weighted by Gasteiger charge is 2.62. The summed E-state index contributed by atoms with van der Waals surface area (Å²) in [6.07, 6.45) is 0.842. The van der Waals surface area contributed by atoms with Crippen molar-refractivity contribution in [3.63, 3.8) is 0 Å². The number of hydrogen-bond donors (Lipinski definition) is 0. The lowest BCUT2D eigenvalue weighted by Gasteiger charge is -2.40. The number of carbonyl (C=O) groups is 1. The van der Waals surface area contributed by atoms with Crippen LogP contribution in [0.15, 0.2) is 0 Å². The summed E-state index contributed by atoms with van der Waals surface area (Å²) >= 11 is 6.74. The second-order valence-corrected chi connectivity index (χ2v) is 11.0. The van der Waals surface area contributed by atoms with Crippen LogP contribution in [0.1, 0.15) is 41.0 Å². The molecule has 1 aliphatic heterocycles. The number of ether oxygens (including phenoxy) is 3. The average Bonchev–Trinajstić information content (AvgIpc) is 2.73. The molecular formula is C18H28O4S2. The van der Waals surface area contributed by atoms with Gasteiger partial charge in [-0.15, -0.1) is 0 Å². The summed E-state index contributed by atoms with van der Waals surface area (Å²) in [4.78, 5) is 12.5. The number of carbonyl (C=O) groups excluding carboxylic acids is 1. The van der Waals surface area contributed by atoms with E-state index < -0.39 is 0 Å². The fourth-order valence-electron chi connectivity index (χ4n) is 3.62. The van der Waals surface area contributed by atoms with Crippen molar-refractivity contribution in [3.05, 3.63) is 0 Å². The van der Waals surface area contributed by atoms with Gasteiger partial charge < -0.3 is 14.2 Å². The predicted molar refractivity (Wildman–Crippen MR) is 99.2 cm³/mol. The highest BCUT2D eigenvalue weighted by Crippen LogP contribution is 2.53. The van der Waals surface area contributed by atoms with Crippen molar-refractivity contribution in [2.45, 2.75) is 58.5 Å². The van der Waals surface area contributed by atoms with E-state index in [4.69, 9.17) is 26.4 Å². The summed E-state index contributed by atoms with van der Waals surface area (Å²) < 4.78 is 18.4. The second kappa shape index (κ2) is 6.53. The van der Waals surface area contributed by atoms with Crippen molar-refractivity contribution in [3.8, 4) is 0 Å². The molecule has 3 rings (SSSR count). The third-order valence-corrected chi connectivity index (χ3v) is 6.41. The fourth-order valence-corrected chi connectivity index (χ4v) is 5.11. The maximum absolute atomic E-state index is 12.5. The molecule has 136 valence electrons. The summed E-state index contributed by atoms with van der Waals surface area (Å²) in [5, 5.41) is -0.137. The third kappa shape index (κ3) is 3.81. The molecule has 2 aliphatic carbocycles. The molecule has 0 radical (unpaired) electrons. The van der Waals surface area contributed by atoms with E-state index in [9.17, 15) is 4.79 Å². The number of ketones is 1. The van der Waals surface area contributed by atoms with Crippen LogP contribution in [0.25, 0.3) is 0 Å². The molecule has 3 aliphatic rings. The van der Waals surface area contributed by atoms with Crippen LogP contribution in [-0.2, 0) is 19.0 Å². The molecule has 1 heterocycles. The van der Waals surface area contributed by atoms with Gasteiger partial charge in [0.1, 0.15) is 5.78 Å². The van der Waals surface area contributed by atoms with E-state index in [2.05, 4.69) is 34.6 Å². The Bertz CT molecular complexity index is 526. The van der Waals surface area contributed by atoms with Crippen LogP contribution in [0, 0.1) is 22.7 Å². The van der Waals surface area contributed by atoms with Crippen LogP contribution >= 0.6 is 24.0 Å². The van der Waals surface area contributed by atoms with E-state index in [1.165, 1.54) is 11.8 Å². The first-order chi connectivity index (χ1) is 11.1. The summed E-state index contributed by atoms with van der Waals surface area (Å²) in [7, 11) is 0. The van der Waals surface area contributed by atoms with E-state index in [0.717, 1.165) is 6.42 Å². The lowest BCUT2D eigenvalue weighted by molar-refractivity contribution is -0.135. The zero-order valence-corrected chi connectivity index (χ0v) is 16.8. The SMILES string of the molecule is CC(C)(C)COC(=S)SC1C(=O)[C@@H]2CC3OCC(C)(C)COC3[C@H]12. The highest BCUT2D eigenvalue weighted by atomic mass is 32.2. The third-order valence-electron chi connectivity index (χ3n) is 4.89. The summed E-state index contributed by atoms with van der Waals surface area (Å²) in [5.41, 5.74) is 0.0837. The lowest BCUT2D eigenvalue weighted by atomic mass is 9.73. The molecule has 3 fully saturated rings. The van der Waals surface area contributed by atoms with Crippen LogP contribution in [0.4, 0.5) is 0 Å². The Morgan fingerprint density at radius 1 is 1.33 bits per heavy atom. The Hall–Kier alpha value is -0.170. The van der Waals surface area contributed by atoms with Gasteiger partial charge >= 0.3 is 0 Å². The minimum Gasteiger partial charge on any atom is -0.478 e. The monoisotopic (exact) mass is 372 g/mol. The van der Waals surface area contributed by atoms with Crippen molar-refractivity contribution in [1.29, 1.82) is 0 Å². The number of fused-ring (bicyclic) bond motifs is 3. The summed E-state index contributed by atoms with van der Waals surface area (Å²) in [6, 6.07) is 0. The summed E-state index contributed by atoms with van der Waals surface area (Å²) in [5.74, 6) is 0.563. The maximum Gasteiger partial charge on any atom is 0.220 e. The van der Waals surface area contributed by atoms with Gasteiger partial charge in [0.05, 0.1) is 37.3 Å². The minimum atomic E-state index is -0.137. The van der Waals surface area contributed by atoms with E-state index in [-0.39, 0.29) is 45.9 Å². The van der Waals surface area contributed by atoms with Gasteiger partial charge in [-0.1, -0.05) is 46.4 Å². The molecular weight excluding hydrogens is 344 g/mol. The number of Topliss-reactive ketones (excluding diaryl/α,β-unsaturated/α-hetero) is 1. The molecule has 24 heavy (non-hydrogen) atoms. The van der Waals surface area contributed by atoms with Gasteiger partial charge in [0.2, 0.25) is 4.38 Å². The van der Waals surface area contributed by atoms with Crippen LogP contribution in [-0.4, -0.2) is 47.4 Å². The predicted octanol–water partition coefficient (Wildman–Crippen LogP) is 3.46. The van der Waals surface area contributed by atoms with Crippen molar-refractivity contribution in [2.75, 3.05) is 19.8 Å². The van der Waals surface area contributed by atoms with Gasteiger partial charge in [0.25, 0.3) is 0 Å².